The molecule has 17 heavy (non-hydrogen) atoms. The van der Waals surface area contributed by atoms with E-state index in [9.17, 15) is 4.79 Å². The second-order valence-electron chi connectivity index (χ2n) is 4.29. The van der Waals surface area contributed by atoms with Crippen LogP contribution in [0.15, 0.2) is 18.3 Å². The van der Waals surface area contributed by atoms with Gasteiger partial charge in [0.05, 0.1) is 5.02 Å². The van der Waals surface area contributed by atoms with Gasteiger partial charge in [-0.2, -0.15) is 0 Å². The highest BCUT2D eigenvalue weighted by atomic mass is 79.9. The van der Waals surface area contributed by atoms with Gasteiger partial charge in [-0.1, -0.05) is 34.0 Å². The molecule has 1 N–H and O–H groups in total. The van der Waals surface area contributed by atoms with Crippen molar-refractivity contribution < 1.29 is 4.79 Å². The van der Waals surface area contributed by atoms with Crippen molar-refractivity contribution in [3.63, 3.8) is 0 Å². The van der Waals surface area contributed by atoms with Gasteiger partial charge in [-0.05, 0) is 30.9 Å². The Morgan fingerprint density at radius 1 is 1.53 bits per heavy atom. The number of pyridine rings is 1. The molecule has 0 bridgehead atoms. The Bertz CT molecular complexity index is 396. The topological polar surface area (TPSA) is 42.0 Å². The van der Waals surface area contributed by atoms with Gasteiger partial charge in [0.1, 0.15) is 5.69 Å². The maximum Gasteiger partial charge on any atom is 0.270 e. The summed E-state index contributed by atoms with van der Waals surface area (Å²) in [5, 5.41) is 4.52. The number of nitrogens with one attached hydrogen (secondary N) is 1. The van der Waals surface area contributed by atoms with E-state index < -0.39 is 0 Å². The van der Waals surface area contributed by atoms with Crippen LogP contribution in [0.4, 0.5) is 0 Å². The number of hydrogen-bond donors (Lipinski definition) is 1. The molecule has 1 fully saturated rings. The van der Waals surface area contributed by atoms with E-state index in [0.29, 0.717) is 16.6 Å². The monoisotopic (exact) mass is 316 g/mol. The minimum absolute atomic E-state index is 0.112. The standard InChI is InChI=1S/C12H14BrClN2O/c13-6-8-2-1-3-10(8)16-12(17)11-5-4-9(14)7-15-11/h4-5,7-8,10H,1-3,6H2,(H,16,17). The van der Waals surface area contributed by atoms with Gasteiger partial charge in [-0.3, -0.25) is 4.79 Å². The van der Waals surface area contributed by atoms with Crippen LogP contribution in [0.3, 0.4) is 0 Å². The van der Waals surface area contributed by atoms with Crippen molar-refractivity contribution in [2.45, 2.75) is 25.3 Å². The summed E-state index contributed by atoms with van der Waals surface area (Å²) in [5.41, 5.74) is 0.426. The second-order valence-corrected chi connectivity index (χ2v) is 5.37. The molecule has 3 nitrogen and oxygen atoms in total. The van der Waals surface area contributed by atoms with E-state index in [1.807, 2.05) is 0 Å². The molecule has 0 spiro atoms. The van der Waals surface area contributed by atoms with Crippen molar-refractivity contribution in [3.05, 3.63) is 29.0 Å². The number of halogens is 2. The molecule has 92 valence electrons. The lowest BCUT2D eigenvalue weighted by atomic mass is 10.1. The molecule has 2 unspecified atom stereocenters. The summed E-state index contributed by atoms with van der Waals surface area (Å²) in [5.74, 6) is 0.422. The minimum atomic E-state index is -0.112. The van der Waals surface area contributed by atoms with Gasteiger partial charge in [0.15, 0.2) is 0 Å². The fraction of sp³-hybridized carbons (Fsp3) is 0.500. The predicted molar refractivity (Wildman–Crippen MR) is 71.6 cm³/mol. The Balaban J connectivity index is 1.99. The van der Waals surface area contributed by atoms with Crippen LogP contribution in [-0.2, 0) is 0 Å². The van der Waals surface area contributed by atoms with Gasteiger partial charge in [-0.25, -0.2) is 4.98 Å². The van der Waals surface area contributed by atoms with Crippen LogP contribution in [0, 0.1) is 5.92 Å². The Morgan fingerprint density at radius 3 is 3.00 bits per heavy atom. The van der Waals surface area contributed by atoms with E-state index in [4.69, 9.17) is 11.6 Å². The Hall–Kier alpha value is -0.610. The number of amides is 1. The largest absolute Gasteiger partial charge is 0.348 e. The van der Waals surface area contributed by atoms with Crippen LogP contribution in [0.1, 0.15) is 29.8 Å². The first-order valence-corrected chi connectivity index (χ1v) is 7.19. The zero-order valence-corrected chi connectivity index (χ0v) is 11.7. The van der Waals surface area contributed by atoms with Gasteiger partial charge in [0.25, 0.3) is 5.91 Å². The number of alkyl halides is 1. The van der Waals surface area contributed by atoms with Gasteiger partial charge in [0, 0.05) is 17.6 Å². The van der Waals surface area contributed by atoms with E-state index in [-0.39, 0.29) is 11.9 Å². The molecule has 1 amide bonds. The Labute approximate surface area is 114 Å². The zero-order chi connectivity index (χ0) is 12.3. The highest BCUT2D eigenvalue weighted by Crippen LogP contribution is 2.27. The van der Waals surface area contributed by atoms with Crippen molar-refractivity contribution >= 4 is 33.4 Å². The molecule has 0 aromatic carbocycles. The first-order valence-electron chi connectivity index (χ1n) is 5.69. The number of rotatable bonds is 3. The van der Waals surface area contributed by atoms with Crippen LogP contribution >= 0.6 is 27.5 Å². The van der Waals surface area contributed by atoms with E-state index in [1.54, 1.807) is 12.1 Å². The van der Waals surface area contributed by atoms with E-state index in [1.165, 1.54) is 19.0 Å². The van der Waals surface area contributed by atoms with Crippen molar-refractivity contribution in [2.75, 3.05) is 5.33 Å². The quantitative estimate of drug-likeness (QED) is 0.871. The first kappa shape index (κ1) is 12.8. The summed E-state index contributed by atoms with van der Waals surface area (Å²) >= 11 is 9.22. The third-order valence-electron chi connectivity index (χ3n) is 3.13. The van der Waals surface area contributed by atoms with Crippen molar-refractivity contribution in [2.24, 2.45) is 5.92 Å². The molecule has 1 aliphatic rings. The van der Waals surface area contributed by atoms with Gasteiger partial charge in [0.2, 0.25) is 0 Å². The van der Waals surface area contributed by atoms with Crippen LogP contribution in [-0.4, -0.2) is 22.3 Å². The van der Waals surface area contributed by atoms with Crippen LogP contribution in [0.2, 0.25) is 5.02 Å². The molecule has 5 heteroatoms. The molecule has 0 radical (unpaired) electrons. The highest BCUT2D eigenvalue weighted by Gasteiger charge is 2.27. The molecule has 1 heterocycles. The number of carbonyl (C=O) groups is 1. The highest BCUT2D eigenvalue weighted by molar-refractivity contribution is 9.09. The van der Waals surface area contributed by atoms with Gasteiger partial charge < -0.3 is 5.32 Å². The molecular weight excluding hydrogens is 304 g/mol. The van der Waals surface area contributed by atoms with Crippen molar-refractivity contribution in [1.29, 1.82) is 0 Å². The lowest BCUT2D eigenvalue weighted by Crippen LogP contribution is -2.38. The Morgan fingerprint density at radius 2 is 2.35 bits per heavy atom. The molecule has 1 saturated carbocycles. The fourth-order valence-corrected chi connectivity index (χ4v) is 3.05. The predicted octanol–water partition coefficient (Wildman–Crippen LogP) is 3.03. The van der Waals surface area contributed by atoms with E-state index in [2.05, 4.69) is 26.2 Å². The summed E-state index contributed by atoms with van der Waals surface area (Å²) in [4.78, 5) is 16.0. The van der Waals surface area contributed by atoms with Crippen molar-refractivity contribution in [1.82, 2.24) is 10.3 Å². The van der Waals surface area contributed by atoms with E-state index in [0.717, 1.165) is 11.8 Å². The average molecular weight is 318 g/mol. The summed E-state index contributed by atoms with van der Waals surface area (Å²) in [6.45, 7) is 0. The number of nitrogens with zero attached hydrogens (tertiary/aromatic N) is 1. The normalized spacial score (nSPS) is 23.6. The van der Waals surface area contributed by atoms with Gasteiger partial charge >= 0.3 is 0 Å². The van der Waals surface area contributed by atoms with Gasteiger partial charge in [-0.15, -0.1) is 0 Å². The summed E-state index contributed by atoms with van der Waals surface area (Å²) in [6.07, 6.45) is 4.89. The third-order valence-corrected chi connectivity index (χ3v) is 4.19. The lowest BCUT2D eigenvalue weighted by Gasteiger charge is -2.18. The molecule has 2 atom stereocenters. The van der Waals surface area contributed by atoms with E-state index >= 15 is 0 Å². The van der Waals surface area contributed by atoms with Crippen LogP contribution in [0.5, 0.6) is 0 Å². The fourth-order valence-electron chi connectivity index (χ4n) is 2.16. The average Bonchev–Trinajstić information content (AvgIpc) is 2.77. The minimum Gasteiger partial charge on any atom is -0.348 e. The number of aromatic nitrogens is 1. The first-order chi connectivity index (χ1) is 8.20. The smallest absolute Gasteiger partial charge is 0.270 e. The molecule has 2 rings (SSSR count). The third kappa shape index (κ3) is 3.19. The number of carbonyl (C=O) groups excluding carboxylic acids is 1. The maximum absolute atomic E-state index is 11.9. The zero-order valence-electron chi connectivity index (χ0n) is 9.33. The Kier molecular flexibility index (Phi) is 4.40. The SMILES string of the molecule is O=C(NC1CCCC1CBr)c1ccc(Cl)cn1. The summed E-state index contributed by atoms with van der Waals surface area (Å²) in [7, 11) is 0. The molecule has 0 saturated heterocycles. The van der Waals surface area contributed by atoms with Crippen LogP contribution in [0.25, 0.3) is 0 Å². The summed E-state index contributed by atoms with van der Waals surface area (Å²) in [6, 6.07) is 3.59. The molecule has 1 aromatic heterocycles. The lowest BCUT2D eigenvalue weighted by molar-refractivity contribution is 0.0925. The maximum atomic E-state index is 11.9. The molecule has 1 aliphatic carbocycles. The number of hydrogen-bond acceptors (Lipinski definition) is 2. The van der Waals surface area contributed by atoms with Crippen molar-refractivity contribution in [3.8, 4) is 0 Å². The molecule has 0 aliphatic heterocycles. The molecule has 1 aromatic rings. The summed E-state index contributed by atoms with van der Waals surface area (Å²) < 4.78 is 0. The molecular formula is C12H14BrClN2O. The van der Waals surface area contributed by atoms with Crippen LogP contribution < -0.4 is 5.32 Å². The second kappa shape index (κ2) is 5.83.